The molecule has 0 atom stereocenters. The molecule has 0 aliphatic rings. The molecule has 0 aromatic rings. The summed E-state index contributed by atoms with van der Waals surface area (Å²) in [5, 5.41) is 0. The summed E-state index contributed by atoms with van der Waals surface area (Å²) in [6, 6.07) is 0. The first-order chi connectivity index (χ1) is 9.33. The minimum Gasteiger partial charge on any atom is -0.759 e. The van der Waals surface area contributed by atoms with Gasteiger partial charge in [-0.25, -0.2) is 0 Å². The van der Waals surface area contributed by atoms with Crippen molar-refractivity contribution in [2.24, 2.45) is 54.4 Å². The van der Waals surface area contributed by atoms with Gasteiger partial charge in [-0.3, -0.25) is 18.4 Å². The van der Waals surface area contributed by atoms with Crippen LogP contribution in [-0.4, -0.2) is 55.5 Å². The van der Waals surface area contributed by atoms with E-state index < -0.39 is 10.4 Å². The molecule has 0 fully saturated rings. The van der Waals surface area contributed by atoms with Gasteiger partial charge in [0.1, 0.15) is 0 Å². The van der Waals surface area contributed by atoms with Crippen LogP contribution in [0.5, 0.6) is 0 Å². The molecule has 0 unspecified atom stereocenters. The zero-order valence-electron chi connectivity index (χ0n) is 11.6. The third-order valence-electron chi connectivity index (χ3n) is 0.945. The summed E-state index contributed by atoms with van der Waals surface area (Å²) in [6.45, 7) is 0. The number of aliphatic imine (C=N–C) groups is 4. The van der Waals surface area contributed by atoms with Gasteiger partial charge in [0.2, 0.25) is 11.9 Å². The predicted octanol–water partition coefficient (Wildman–Crippen LogP) is -4.93. The van der Waals surface area contributed by atoms with Crippen LogP contribution in [0.4, 0.5) is 0 Å². The molecule has 0 aliphatic carbocycles. The van der Waals surface area contributed by atoms with E-state index in [-0.39, 0.29) is 40.9 Å². The molecule has 0 bridgehead atoms. The van der Waals surface area contributed by atoms with Crippen LogP contribution in [0.3, 0.4) is 0 Å². The van der Waals surface area contributed by atoms with Crippen molar-refractivity contribution in [2.75, 3.05) is 14.1 Å². The van der Waals surface area contributed by atoms with Crippen LogP contribution in [0.15, 0.2) is 20.0 Å². The Morgan fingerprint density at radius 3 is 1.00 bits per heavy atom. The van der Waals surface area contributed by atoms with Crippen molar-refractivity contribution >= 4 is 34.2 Å². The Bertz CT molecular complexity index is 466. The van der Waals surface area contributed by atoms with Crippen LogP contribution in [0.1, 0.15) is 0 Å². The summed E-state index contributed by atoms with van der Waals surface area (Å²) >= 11 is 0. The fourth-order valence-corrected chi connectivity index (χ4v) is 0.365. The number of hydrogen-bond donors (Lipinski definition) is 6. The first-order valence-electron chi connectivity index (χ1n) is 4.63. The monoisotopic (exact) mass is 389 g/mol. The van der Waals surface area contributed by atoms with Gasteiger partial charge in [-0.1, -0.05) is 0 Å². The van der Waals surface area contributed by atoms with E-state index in [1.54, 1.807) is 0 Å². The Balaban J connectivity index is -0.000000111. The second-order valence-electron chi connectivity index (χ2n) is 2.65. The maximum absolute atomic E-state index is 8.52. The van der Waals surface area contributed by atoms with E-state index in [0.29, 0.717) is 0 Å². The molecule has 1 radical (unpaired) electrons. The zero-order chi connectivity index (χ0) is 17.6. The summed E-state index contributed by atoms with van der Waals surface area (Å²) in [6.07, 6.45) is 0. The molecule has 0 aromatic heterocycles. The van der Waals surface area contributed by atoms with E-state index >= 15 is 0 Å². The van der Waals surface area contributed by atoms with Gasteiger partial charge >= 0.3 is 17.1 Å². The van der Waals surface area contributed by atoms with Crippen LogP contribution in [0.2, 0.25) is 0 Å². The van der Waals surface area contributed by atoms with Crippen molar-refractivity contribution in [1.82, 2.24) is 0 Å². The van der Waals surface area contributed by atoms with Gasteiger partial charge in [-0.2, -0.15) is 9.98 Å². The third-order valence-corrected chi connectivity index (χ3v) is 0.945. The number of hydrogen-bond acceptors (Lipinski definition) is 6. The Labute approximate surface area is 137 Å². The molecule has 14 nitrogen and oxygen atoms in total. The van der Waals surface area contributed by atoms with Gasteiger partial charge in [0.05, 0.1) is 0 Å². The molecule has 133 valence electrons. The first-order valence-corrected chi connectivity index (χ1v) is 5.97. The maximum Gasteiger partial charge on any atom is 2.00 e. The fraction of sp³-hybridized carbons (Fsp3) is 0.333. The van der Waals surface area contributed by atoms with Gasteiger partial charge in [-0.15, -0.1) is 0 Å². The molecule has 0 spiro atoms. The summed E-state index contributed by atoms with van der Waals surface area (Å²) in [5.74, 6) is 0.0243. The number of nitrogens with zero attached hydrogens (tertiary/aromatic N) is 4. The number of nitrogens with two attached hydrogens (primary N) is 6. The fourth-order valence-electron chi connectivity index (χ4n) is 0.365. The second-order valence-corrected chi connectivity index (χ2v) is 3.46. The second kappa shape index (κ2) is 15.3. The molecule has 0 amide bonds. The van der Waals surface area contributed by atoms with Crippen LogP contribution >= 0.6 is 0 Å². The van der Waals surface area contributed by atoms with Gasteiger partial charge < -0.3 is 43.5 Å². The molecule has 0 rings (SSSR count). The molecule has 0 saturated heterocycles. The molecule has 0 heterocycles. The molecule has 0 aromatic carbocycles. The van der Waals surface area contributed by atoms with Crippen LogP contribution in [0.25, 0.3) is 0 Å². The average Bonchev–Trinajstić information content (AvgIpc) is 2.25. The summed E-state index contributed by atoms with van der Waals surface area (Å²) < 4.78 is 34.1. The molecule has 12 N–H and O–H groups in total. The van der Waals surface area contributed by atoms with Crippen LogP contribution < -0.4 is 34.4 Å². The van der Waals surface area contributed by atoms with Crippen LogP contribution in [-0.2, 0) is 27.5 Å². The van der Waals surface area contributed by atoms with Crippen molar-refractivity contribution in [3.8, 4) is 0 Å². The quantitative estimate of drug-likeness (QED) is 0.0753. The predicted molar refractivity (Wildman–Crippen MR) is 77.2 cm³/mol. The van der Waals surface area contributed by atoms with Crippen molar-refractivity contribution in [3.63, 3.8) is 0 Å². The minimum atomic E-state index is -5.17. The Morgan fingerprint density at radius 2 is 0.955 bits per heavy atom. The first kappa shape index (κ1) is 28.1. The topological polar surface area (TPSA) is 286 Å². The maximum atomic E-state index is 8.52. The van der Waals surface area contributed by atoms with E-state index in [1.807, 2.05) is 0 Å². The van der Waals surface area contributed by atoms with Crippen molar-refractivity contribution in [1.29, 1.82) is 0 Å². The summed E-state index contributed by atoms with van der Waals surface area (Å²) in [4.78, 5) is 13.7. The third kappa shape index (κ3) is 52.2. The molecular weight excluding hydrogens is 372 g/mol. The van der Waals surface area contributed by atoms with Crippen molar-refractivity contribution in [3.05, 3.63) is 0 Å². The van der Waals surface area contributed by atoms with Crippen molar-refractivity contribution in [2.45, 2.75) is 0 Å². The molecule has 0 saturated carbocycles. The Hall–Kier alpha value is -2.13. The zero-order valence-corrected chi connectivity index (χ0v) is 13.4. The van der Waals surface area contributed by atoms with Gasteiger partial charge in [0.15, 0.2) is 11.9 Å². The average molecular weight is 390 g/mol. The molecule has 0 aliphatic heterocycles. The minimum absolute atomic E-state index is 0. The van der Waals surface area contributed by atoms with E-state index in [2.05, 4.69) is 20.0 Å². The van der Waals surface area contributed by atoms with Gasteiger partial charge in [0, 0.05) is 24.5 Å². The van der Waals surface area contributed by atoms with E-state index in [0.717, 1.165) is 0 Å². The Kier molecular flexibility index (Phi) is 19.5. The standard InChI is InChI=1S/2C3H9N5.Cu.H2O4S/c2*1-7-3(6)8-2(4)5;;1-5(2,3)4/h2*1H3,(H6,4,5,6,7,8);;(H2,1,2,3,4)/q;;+2;/p-2. The molecule has 22 heavy (non-hydrogen) atoms. The largest absolute Gasteiger partial charge is 2.00 e. The SMILES string of the molecule is CN=C(N)N=C(N)N.CN=C(N)N=C(N)N.O=S(=O)([O-])[O-].[Cu+2]. The molecule has 16 heteroatoms. The van der Waals surface area contributed by atoms with Gasteiger partial charge in [-0.05, 0) is 0 Å². The van der Waals surface area contributed by atoms with Gasteiger partial charge in [0.25, 0.3) is 0 Å². The van der Waals surface area contributed by atoms with E-state index in [1.165, 1.54) is 14.1 Å². The van der Waals surface area contributed by atoms with E-state index in [4.69, 9.17) is 51.9 Å². The Morgan fingerprint density at radius 1 is 0.773 bits per heavy atom. The number of guanidine groups is 4. The smallest absolute Gasteiger partial charge is 0.759 e. The van der Waals surface area contributed by atoms with E-state index in [9.17, 15) is 0 Å². The molecular formula is C6H18CuN10O4S. The number of rotatable bonds is 0. The summed E-state index contributed by atoms with van der Waals surface area (Å²) in [7, 11) is -2.16. The van der Waals surface area contributed by atoms with Crippen molar-refractivity contribution < 1.29 is 34.6 Å². The normalized spacial score (nSPS) is 10.5. The summed E-state index contributed by atoms with van der Waals surface area (Å²) in [5.41, 5.74) is 29.9. The van der Waals surface area contributed by atoms with Crippen LogP contribution in [0, 0.1) is 0 Å².